The van der Waals surface area contributed by atoms with Gasteiger partial charge in [0.15, 0.2) is 0 Å². The number of quaternary nitrogens is 1. The summed E-state index contributed by atoms with van der Waals surface area (Å²) in [7, 11) is 2.30. The third-order valence-corrected chi connectivity index (χ3v) is 2.63. The van der Waals surface area contributed by atoms with Gasteiger partial charge in [-0.25, -0.2) is 0 Å². The quantitative estimate of drug-likeness (QED) is 0.479. The van der Waals surface area contributed by atoms with E-state index in [0.29, 0.717) is 0 Å². The molecule has 3 atom stereocenters. The summed E-state index contributed by atoms with van der Waals surface area (Å²) in [6.45, 7) is 6.09. The Morgan fingerprint density at radius 3 is 2.44 bits per heavy atom. The van der Waals surface area contributed by atoms with Gasteiger partial charge >= 0.3 is 0 Å². The van der Waals surface area contributed by atoms with Gasteiger partial charge in [0.2, 0.25) is 0 Å². The lowest BCUT2D eigenvalue weighted by molar-refractivity contribution is -0.910. The maximum Gasteiger partial charge on any atom is 0.0846 e. The first kappa shape index (κ1) is 7.07. The average Bonchev–Trinajstić information content (AvgIpc) is 1.80. The van der Waals surface area contributed by atoms with Crippen molar-refractivity contribution in [1.29, 1.82) is 0 Å². The fourth-order valence-corrected chi connectivity index (χ4v) is 1.64. The zero-order valence-electron chi connectivity index (χ0n) is 6.78. The van der Waals surface area contributed by atoms with E-state index in [-0.39, 0.29) is 0 Å². The van der Waals surface area contributed by atoms with Gasteiger partial charge in [-0.3, -0.25) is 0 Å². The summed E-state index contributed by atoms with van der Waals surface area (Å²) < 4.78 is 0. The molecule has 1 heterocycles. The van der Waals surface area contributed by atoms with E-state index in [2.05, 4.69) is 20.9 Å². The van der Waals surface area contributed by atoms with Gasteiger partial charge in [0, 0.05) is 6.42 Å². The van der Waals surface area contributed by atoms with E-state index in [4.69, 9.17) is 0 Å². The second-order valence-electron chi connectivity index (χ2n) is 3.63. The summed E-state index contributed by atoms with van der Waals surface area (Å²) >= 11 is 0. The van der Waals surface area contributed by atoms with Gasteiger partial charge in [0.05, 0.1) is 19.6 Å². The number of piperidine rings is 1. The molecule has 9 heavy (non-hydrogen) atoms. The fraction of sp³-hybridized carbons (Fsp3) is 1.00. The number of rotatable bonds is 0. The van der Waals surface area contributed by atoms with Gasteiger partial charge in [0.25, 0.3) is 0 Å². The van der Waals surface area contributed by atoms with Crippen molar-refractivity contribution in [3.05, 3.63) is 0 Å². The predicted molar refractivity (Wildman–Crippen MR) is 39.6 cm³/mol. The largest absolute Gasteiger partial charge is 0.335 e. The molecule has 0 aliphatic carbocycles. The Balaban J connectivity index is 2.35. The third kappa shape index (κ3) is 1.68. The molecular formula is C8H18N+. The van der Waals surface area contributed by atoms with Crippen molar-refractivity contribution in [3.8, 4) is 0 Å². The summed E-state index contributed by atoms with van der Waals surface area (Å²) in [4.78, 5) is 1.72. The highest BCUT2D eigenvalue weighted by molar-refractivity contribution is 4.61. The van der Waals surface area contributed by atoms with Crippen LogP contribution in [0.5, 0.6) is 0 Å². The first-order valence-corrected chi connectivity index (χ1v) is 4.02. The fourth-order valence-electron chi connectivity index (χ4n) is 1.64. The van der Waals surface area contributed by atoms with Gasteiger partial charge in [-0.2, -0.15) is 0 Å². The Bertz CT molecular complexity index is 90.6. The molecule has 0 amide bonds. The molecule has 0 radical (unpaired) electrons. The molecule has 0 aromatic carbocycles. The summed E-state index contributed by atoms with van der Waals surface area (Å²) in [5.41, 5.74) is 0. The molecule has 54 valence electrons. The van der Waals surface area contributed by atoms with Gasteiger partial charge in [-0.1, -0.05) is 6.92 Å². The highest BCUT2D eigenvalue weighted by atomic mass is 15.1. The number of likely N-dealkylation sites (tertiary alicyclic amines) is 1. The van der Waals surface area contributed by atoms with E-state index in [1.165, 1.54) is 19.4 Å². The Kier molecular flexibility index (Phi) is 2.12. The van der Waals surface area contributed by atoms with Gasteiger partial charge in [0.1, 0.15) is 0 Å². The molecule has 0 bridgehead atoms. The number of nitrogens with one attached hydrogen (secondary N) is 1. The lowest BCUT2D eigenvalue weighted by Gasteiger charge is -2.30. The molecule has 0 aromatic heterocycles. The van der Waals surface area contributed by atoms with Crippen LogP contribution < -0.4 is 4.90 Å². The van der Waals surface area contributed by atoms with E-state index in [1.807, 2.05) is 0 Å². The van der Waals surface area contributed by atoms with Crippen LogP contribution in [-0.4, -0.2) is 19.6 Å². The minimum atomic E-state index is 0.897. The van der Waals surface area contributed by atoms with Crippen LogP contribution in [0.15, 0.2) is 0 Å². The minimum Gasteiger partial charge on any atom is -0.335 e. The lowest BCUT2D eigenvalue weighted by Crippen LogP contribution is -3.13. The van der Waals surface area contributed by atoms with Crippen LogP contribution in [0.2, 0.25) is 0 Å². The van der Waals surface area contributed by atoms with Crippen molar-refractivity contribution in [2.75, 3.05) is 13.6 Å². The van der Waals surface area contributed by atoms with E-state index in [0.717, 1.165) is 12.0 Å². The number of hydrogen-bond acceptors (Lipinski definition) is 0. The summed E-state index contributed by atoms with van der Waals surface area (Å²) in [6.07, 6.45) is 2.85. The summed E-state index contributed by atoms with van der Waals surface area (Å²) in [6, 6.07) is 0.897. The van der Waals surface area contributed by atoms with Crippen LogP contribution in [0, 0.1) is 5.92 Å². The molecule has 1 nitrogen and oxygen atoms in total. The Hall–Kier alpha value is -0.0400. The van der Waals surface area contributed by atoms with Crippen LogP contribution >= 0.6 is 0 Å². The first-order chi connectivity index (χ1) is 4.20. The molecule has 1 fully saturated rings. The molecule has 1 aliphatic heterocycles. The normalized spacial score (nSPS) is 45.0. The summed E-state index contributed by atoms with van der Waals surface area (Å²) in [5.74, 6) is 0.976. The van der Waals surface area contributed by atoms with Gasteiger partial charge < -0.3 is 4.90 Å². The highest BCUT2D eigenvalue weighted by Crippen LogP contribution is 2.10. The first-order valence-electron chi connectivity index (χ1n) is 4.02. The average molecular weight is 128 g/mol. The molecular weight excluding hydrogens is 110 g/mol. The van der Waals surface area contributed by atoms with E-state index in [9.17, 15) is 0 Å². The Morgan fingerprint density at radius 1 is 1.33 bits per heavy atom. The van der Waals surface area contributed by atoms with Crippen molar-refractivity contribution in [3.63, 3.8) is 0 Å². The minimum absolute atomic E-state index is 0.897. The maximum atomic E-state index is 2.36. The van der Waals surface area contributed by atoms with E-state index in [1.54, 1.807) is 4.90 Å². The Morgan fingerprint density at radius 2 is 2.00 bits per heavy atom. The molecule has 1 heteroatoms. The van der Waals surface area contributed by atoms with Crippen molar-refractivity contribution in [2.45, 2.75) is 32.7 Å². The summed E-state index contributed by atoms with van der Waals surface area (Å²) in [5, 5.41) is 0. The van der Waals surface area contributed by atoms with Crippen molar-refractivity contribution in [1.82, 2.24) is 0 Å². The Labute approximate surface area is 58.0 Å². The third-order valence-electron chi connectivity index (χ3n) is 2.63. The molecule has 0 spiro atoms. The second-order valence-corrected chi connectivity index (χ2v) is 3.63. The number of hydrogen-bond donors (Lipinski definition) is 1. The maximum absolute atomic E-state index is 2.36. The molecule has 1 aliphatic rings. The van der Waals surface area contributed by atoms with Gasteiger partial charge in [-0.05, 0) is 19.3 Å². The molecule has 0 saturated carbocycles. The molecule has 1 saturated heterocycles. The predicted octanol–water partition coefficient (Wildman–Crippen LogP) is 0.319. The second kappa shape index (κ2) is 2.70. The monoisotopic (exact) mass is 128 g/mol. The SMILES string of the molecule is CC1CC[NH+](C)C(C)C1. The van der Waals surface area contributed by atoms with E-state index >= 15 is 0 Å². The molecule has 0 aromatic rings. The lowest BCUT2D eigenvalue weighted by atomic mass is 9.94. The highest BCUT2D eigenvalue weighted by Gasteiger charge is 2.22. The van der Waals surface area contributed by atoms with Crippen molar-refractivity contribution in [2.24, 2.45) is 5.92 Å². The van der Waals surface area contributed by atoms with Crippen molar-refractivity contribution >= 4 is 0 Å². The molecule has 3 unspecified atom stereocenters. The molecule has 1 N–H and O–H groups in total. The van der Waals surface area contributed by atoms with Crippen LogP contribution in [-0.2, 0) is 0 Å². The van der Waals surface area contributed by atoms with Crippen LogP contribution in [0.4, 0.5) is 0 Å². The smallest absolute Gasteiger partial charge is 0.0846 e. The van der Waals surface area contributed by atoms with Crippen LogP contribution in [0.1, 0.15) is 26.7 Å². The standard InChI is InChI=1S/C8H17N/c1-7-4-5-9(3)8(2)6-7/h7-8H,4-6H2,1-3H3/p+1. The van der Waals surface area contributed by atoms with E-state index < -0.39 is 0 Å². The van der Waals surface area contributed by atoms with Gasteiger partial charge in [-0.15, -0.1) is 0 Å². The van der Waals surface area contributed by atoms with Crippen LogP contribution in [0.25, 0.3) is 0 Å². The zero-order chi connectivity index (χ0) is 6.85. The zero-order valence-corrected chi connectivity index (χ0v) is 6.78. The molecule has 1 rings (SSSR count). The van der Waals surface area contributed by atoms with Crippen LogP contribution in [0.3, 0.4) is 0 Å². The topological polar surface area (TPSA) is 4.44 Å². The van der Waals surface area contributed by atoms with Crippen molar-refractivity contribution < 1.29 is 4.90 Å².